The van der Waals surface area contributed by atoms with E-state index in [0.29, 0.717) is 18.1 Å². The second-order valence-electron chi connectivity index (χ2n) is 6.81. The molecule has 2 heterocycles. The molecule has 0 aromatic heterocycles. The van der Waals surface area contributed by atoms with Crippen LogP contribution in [0.25, 0.3) is 0 Å². The predicted molar refractivity (Wildman–Crippen MR) is 97.4 cm³/mol. The average Bonchev–Trinajstić information content (AvgIpc) is 2.72. The summed E-state index contributed by atoms with van der Waals surface area (Å²) in [5.41, 5.74) is 0. The second kappa shape index (κ2) is 7.23. The van der Waals surface area contributed by atoms with Gasteiger partial charge < -0.3 is 25.2 Å². The third kappa shape index (κ3) is 4.57. The Hall–Kier alpha value is -1.40. The smallest absolute Gasteiger partial charge is 0.222 e. The molecule has 0 unspecified atom stereocenters. The van der Waals surface area contributed by atoms with E-state index in [1.165, 1.54) is 6.92 Å². The Morgan fingerprint density at radius 3 is 2.67 bits per heavy atom. The number of hydrogen-bond acceptors (Lipinski definition) is 6. The molecule has 0 aromatic rings. The first-order valence-corrected chi connectivity index (χ1v) is 10.8. The van der Waals surface area contributed by atoms with Gasteiger partial charge in [0.25, 0.3) is 0 Å². The van der Waals surface area contributed by atoms with E-state index in [4.69, 9.17) is 4.74 Å². The quantitative estimate of drug-likeness (QED) is 0.634. The molecule has 0 radical (unpaired) electrons. The minimum atomic E-state index is -1.23. The van der Waals surface area contributed by atoms with E-state index in [9.17, 15) is 15.0 Å². The molecule has 24 heavy (non-hydrogen) atoms. The lowest BCUT2D eigenvalue weighted by Gasteiger charge is -2.30. The zero-order valence-electron chi connectivity index (χ0n) is 14.3. The highest BCUT2D eigenvalue weighted by Crippen LogP contribution is 2.38. The van der Waals surface area contributed by atoms with Crippen molar-refractivity contribution in [3.8, 4) is 0 Å². The van der Waals surface area contributed by atoms with Crippen molar-refractivity contribution in [3.63, 3.8) is 0 Å². The Kier molecular flexibility index (Phi) is 5.71. The maximum Gasteiger partial charge on any atom is 0.222 e. The molecule has 0 spiro atoms. The lowest BCUT2D eigenvalue weighted by atomic mass is 10.1. The molecule has 7 nitrogen and oxygen atoms in total. The summed E-state index contributed by atoms with van der Waals surface area (Å²) in [4.78, 5) is 16.8. The number of carbonyl (C=O) groups excluding carboxylic acids is 1. The van der Waals surface area contributed by atoms with Crippen LogP contribution < -0.4 is 5.32 Å². The first-order chi connectivity index (χ1) is 11.1. The molecule has 134 valence electrons. The lowest BCUT2D eigenvalue weighted by Crippen LogP contribution is -2.42. The van der Waals surface area contributed by atoms with E-state index >= 15 is 0 Å². The highest BCUT2D eigenvalue weighted by molar-refractivity contribution is 7.72. The molecular formula is C16H26N3O4P. The largest absolute Gasteiger partial charge is 0.388 e. The van der Waals surface area contributed by atoms with E-state index in [1.54, 1.807) is 17.2 Å². The number of hydrogen-bond donors (Lipinski definition) is 3. The maximum atomic E-state index is 11.1. The van der Waals surface area contributed by atoms with Gasteiger partial charge >= 0.3 is 0 Å². The van der Waals surface area contributed by atoms with Crippen LogP contribution in [0.5, 0.6) is 0 Å². The number of nitrogens with one attached hydrogen (secondary N) is 1. The zero-order valence-corrected chi connectivity index (χ0v) is 15.2. The monoisotopic (exact) mass is 355 g/mol. The topological polar surface area (TPSA) is 94.4 Å². The fraction of sp³-hybridized carbons (Fsp3) is 0.562. The molecule has 0 saturated carbocycles. The number of aliphatic imine (C=N–C) groups is 1. The minimum Gasteiger partial charge on any atom is -0.388 e. The van der Waals surface area contributed by atoms with Gasteiger partial charge in [0.15, 0.2) is 6.23 Å². The van der Waals surface area contributed by atoms with Crippen molar-refractivity contribution in [2.75, 3.05) is 19.5 Å². The van der Waals surface area contributed by atoms with Crippen LogP contribution in [-0.4, -0.2) is 77.2 Å². The summed E-state index contributed by atoms with van der Waals surface area (Å²) in [5, 5.41) is 23.1. The highest BCUT2D eigenvalue weighted by Gasteiger charge is 2.45. The van der Waals surface area contributed by atoms with Crippen molar-refractivity contribution in [2.24, 2.45) is 4.99 Å². The Morgan fingerprint density at radius 1 is 1.46 bits per heavy atom. The van der Waals surface area contributed by atoms with Crippen LogP contribution in [0.1, 0.15) is 13.3 Å². The number of carbonyl (C=O) groups is 1. The van der Waals surface area contributed by atoms with Crippen LogP contribution in [0, 0.1) is 0 Å². The average molecular weight is 355 g/mol. The van der Waals surface area contributed by atoms with Gasteiger partial charge in [0, 0.05) is 13.1 Å². The zero-order chi connectivity index (χ0) is 18.1. The SMILES string of the molecule is C=C1N=C(NC(C)=O)C=CN1[C@@H]1O[C@H](CCP(=C)(C)C)[C@@H](O)[C@H]1O. The standard InChI is InChI=1S/C16H26N3O4P/c1-10-17-13(18-11(2)20)6-8-19(10)16-15(22)14(21)12(23-16)7-9-24(3,4)5/h6,8,12,14-16,21-22H,1,3,7,9H2,2,4-5H3,(H,17,18,20)/t12-,14-,15-,16-/m1/s1. The number of aliphatic hydroxyl groups is 2. The van der Waals surface area contributed by atoms with Crippen LogP contribution in [-0.2, 0) is 9.53 Å². The number of amidine groups is 1. The summed E-state index contributed by atoms with van der Waals surface area (Å²) in [5.74, 6) is 0.464. The Balaban J connectivity index is 2.04. The summed E-state index contributed by atoms with van der Waals surface area (Å²) >= 11 is 0. The van der Waals surface area contributed by atoms with Crippen molar-refractivity contribution in [3.05, 3.63) is 24.7 Å². The molecule has 0 bridgehead atoms. The van der Waals surface area contributed by atoms with Gasteiger partial charge in [-0.2, -0.15) is 0 Å². The van der Waals surface area contributed by atoms with Gasteiger partial charge in [0.1, 0.15) is 23.9 Å². The summed E-state index contributed by atoms with van der Waals surface area (Å²) in [7, 11) is 0. The third-order valence-corrected chi connectivity index (χ3v) is 5.34. The number of amides is 1. The molecule has 0 aliphatic carbocycles. The van der Waals surface area contributed by atoms with E-state index in [0.717, 1.165) is 6.16 Å². The van der Waals surface area contributed by atoms with Crippen molar-refractivity contribution < 1.29 is 19.7 Å². The summed E-state index contributed by atoms with van der Waals surface area (Å²) in [6.07, 6.45) is 5.63. The second-order valence-corrected chi connectivity index (χ2v) is 11.1. The molecule has 1 saturated heterocycles. The molecule has 0 aromatic carbocycles. The van der Waals surface area contributed by atoms with Gasteiger partial charge in [0.05, 0.1) is 6.10 Å². The Morgan fingerprint density at radius 2 is 2.12 bits per heavy atom. The van der Waals surface area contributed by atoms with E-state index in [1.807, 2.05) is 0 Å². The molecular weight excluding hydrogens is 329 g/mol. The van der Waals surface area contributed by atoms with Gasteiger partial charge in [0.2, 0.25) is 5.91 Å². The molecule has 3 N–H and O–H groups in total. The van der Waals surface area contributed by atoms with Gasteiger partial charge in [-0.15, -0.1) is 13.2 Å². The van der Waals surface area contributed by atoms with Crippen molar-refractivity contribution in [1.29, 1.82) is 0 Å². The fourth-order valence-corrected chi connectivity index (χ4v) is 3.58. The van der Waals surface area contributed by atoms with Crippen LogP contribution in [0.4, 0.5) is 0 Å². The highest BCUT2D eigenvalue weighted by atomic mass is 31.2. The van der Waals surface area contributed by atoms with Gasteiger partial charge in [-0.05, 0) is 32.0 Å². The van der Waals surface area contributed by atoms with E-state index in [2.05, 4.69) is 36.5 Å². The summed E-state index contributed by atoms with van der Waals surface area (Å²) in [6.45, 7) is 8.23. The van der Waals surface area contributed by atoms with Crippen LogP contribution in [0.15, 0.2) is 29.7 Å². The Bertz CT molecular complexity index is 625. The molecule has 1 fully saturated rings. The molecule has 1 amide bonds. The number of aliphatic hydroxyl groups excluding tert-OH is 2. The molecule has 2 rings (SSSR count). The molecule has 2 aliphatic rings. The van der Waals surface area contributed by atoms with E-state index in [-0.39, 0.29) is 5.91 Å². The van der Waals surface area contributed by atoms with Gasteiger partial charge in [-0.25, -0.2) is 4.99 Å². The number of rotatable bonds is 4. The summed E-state index contributed by atoms with van der Waals surface area (Å²) < 4.78 is 5.85. The van der Waals surface area contributed by atoms with Crippen LogP contribution in [0.2, 0.25) is 0 Å². The fourth-order valence-electron chi connectivity index (χ4n) is 2.63. The van der Waals surface area contributed by atoms with E-state index < -0.39 is 31.4 Å². The molecule has 2 aliphatic heterocycles. The van der Waals surface area contributed by atoms with Crippen molar-refractivity contribution >= 4 is 24.9 Å². The van der Waals surface area contributed by atoms with Crippen LogP contribution >= 0.6 is 6.89 Å². The van der Waals surface area contributed by atoms with Gasteiger partial charge in [-0.1, -0.05) is 6.58 Å². The number of nitrogens with zero attached hydrogens (tertiary/aromatic N) is 2. The van der Waals surface area contributed by atoms with Crippen LogP contribution in [0.3, 0.4) is 0 Å². The molecule has 8 heteroatoms. The van der Waals surface area contributed by atoms with Crippen molar-refractivity contribution in [2.45, 2.75) is 37.9 Å². The normalized spacial score (nSPS) is 30.5. The summed E-state index contributed by atoms with van der Waals surface area (Å²) in [6, 6.07) is 0. The lowest BCUT2D eigenvalue weighted by molar-refractivity contribution is -0.117. The molecule has 4 atom stereocenters. The maximum absolute atomic E-state index is 11.1. The first kappa shape index (κ1) is 18.9. The van der Waals surface area contributed by atoms with Gasteiger partial charge in [-0.3, -0.25) is 4.79 Å². The van der Waals surface area contributed by atoms with Crippen molar-refractivity contribution in [1.82, 2.24) is 10.2 Å². The third-order valence-electron chi connectivity index (χ3n) is 3.87. The predicted octanol–water partition coefficient (Wildman–Crippen LogP) is 0.367. The minimum absolute atomic E-state index is 0.230. The Labute approximate surface area is 142 Å². The number of ether oxygens (including phenoxy) is 1. The first-order valence-electron chi connectivity index (χ1n) is 7.79.